The maximum atomic E-state index is 12.3. The van der Waals surface area contributed by atoms with Crippen LogP contribution in [0, 0.1) is 11.3 Å². The highest BCUT2D eigenvalue weighted by molar-refractivity contribution is 7.17. The van der Waals surface area contributed by atoms with E-state index in [2.05, 4.69) is 10.5 Å². The van der Waals surface area contributed by atoms with Gasteiger partial charge in [-0.05, 0) is 32.9 Å². The van der Waals surface area contributed by atoms with Gasteiger partial charge in [-0.15, -0.1) is 0 Å². The number of amides is 1. The van der Waals surface area contributed by atoms with Gasteiger partial charge >= 0.3 is 6.09 Å². The summed E-state index contributed by atoms with van der Waals surface area (Å²) in [7, 11) is 0. The minimum absolute atomic E-state index is 0.266. The lowest BCUT2D eigenvalue weighted by molar-refractivity contribution is 0.0225. The summed E-state index contributed by atoms with van der Waals surface area (Å²) in [4.78, 5) is 20.9. The van der Waals surface area contributed by atoms with Gasteiger partial charge in [0.15, 0.2) is 4.96 Å². The van der Waals surface area contributed by atoms with Gasteiger partial charge in [-0.1, -0.05) is 23.5 Å². The first kappa shape index (κ1) is 17.6. The molecule has 0 atom stereocenters. The highest BCUT2D eigenvalue weighted by Crippen LogP contribution is 2.31. The highest BCUT2D eigenvalue weighted by atomic mass is 32.1. The second-order valence-electron chi connectivity index (χ2n) is 7.59. The molecule has 1 aliphatic heterocycles. The predicted molar refractivity (Wildman–Crippen MR) is 104 cm³/mol. The number of benzene rings is 1. The summed E-state index contributed by atoms with van der Waals surface area (Å²) < 4.78 is 7.61. The molecule has 6 nitrogen and oxygen atoms in total. The first-order valence-electron chi connectivity index (χ1n) is 8.82. The third-order valence-corrected chi connectivity index (χ3v) is 5.50. The van der Waals surface area contributed by atoms with Crippen molar-refractivity contribution < 1.29 is 9.53 Å². The minimum Gasteiger partial charge on any atom is -0.444 e. The molecule has 2 aromatic heterocycles. The molecule has 0 saturated carbocycles. The Hall–Kier alpha value is -2.85. The van der Waals surface area contributed by atoms with Gasteiger partial charge in [-0.25, -0.2) is 9.78 Å². The maximum absolute atomic E-state index is 12.3. The Kier molecular flexibility index (Phi) is 4.16. The molecule has 27 heavy (non-hydrogen) atoms. The van der Waals surface area contributed by atoms with E-state index in [0.29, 0.717) is 18.7 Å². The van der Waals surface area contributed by atoms with Gasteiger partial charge in [0.25, 0.3) is 0 Å². The molecule has 3 heterocycles. The second kappa shape index (κ2) is 6.39. The molecule has 3 aromatic rings. The fraction of sp³-hybridized carbons (Fsp3) is 0.350. The Morgan fingerprint density at radius 3 is 2.70 bits per heavy atom. The molecule has 1 amide bonds. The molecule has 0 bridgehead atoms. The Bertz CT molecular complexity index is 1050. The largest absolute Gasteiger partial charge is 0.444 e. The molecule has 0 aliphatic carbocycles. The summed E-state index contributed by atoms with van der Waals surface area (Å²) in [5.74, 6) is 0. The highest BCUT2D eigenvalue weighted by Gasteiger charge is 2.28. The van der Waals surface area contributed by atoms with E-state index in [0.717, 1.165) is 27.5 Å². The third-order valence-electron chi connectivity index (χ3n) is 4.42. The molecule has 0 radical (unpaired) electrons. The standard InChI is InChI=1S/C20H20N4O2S/c1-20(2,3)26-19(25)23-9-8-16-17(12-23)27-18-22-15(11-24(16)18)14-6-4-13(10-21)5-7-14/h4-7,11H,8-9,12H2,1-3H3. The van der Waals surface area contributed by atoms with Gasteiger partial charge < -0.3 is 9.64 Å². The van der Waals surface area contributed by atoms with Crippen molar-refractivity contribution in [2.24, 2.45) is 0 Å². The molecular formula is C20H20N4O2S. The third kappa shape index (κ3) is 3.40. The molecule has 4 rings (SSSR count). The van der Waals surface area contributed by atoms with Crippen LogP contribution in [0.15, 0.2) is 30.5 Å². The second-order valence-corrected chi connectivity index (χ2v) is 8.65. The van der Waals surface area contributed by atoms with E-state index in [9.17, 15) is 4.79 Å². The van der Waals surface area contributed by atoms with E-state index in [1.165, 1.54) is 5.69 Å². The summed E-state index contributed by atoms with van der Waals surface area (Å²) in [6.45, 7) is 6.83. The summed E-state index contributed by atoms with van der Waals surface area (Å²) in [6.07, 6.45) is 2.55. The number of imidazole rings is 1. The lowest BCUT2D eigenvalue weighted by Gasteiger charge is -2.29. The van der Waals surface area contributed by atoms with Crippen LogP contribution in [-0.2, 0) is 17.7 Å². The van der Waals surface area contributed by atoms with Crippen molar-refractivity contribution in [1.29, 1.82) is 5.26 Å². The zero-order chi connectivity index (χ0) is 19.2. The fourth-order valence-electron chi connectivity index (χ4n) is 3.15. The SMILES string of the molecule is CC(C)(C)OC(=O)N1CCc2c(sc3nc(-c4ccc(C#N)cc4)cn23)C1. The number of hydrogen-bond donors (Lipinski definition) is 0. The molecule has 0 unspecified atom stereocenters. The average molecular weight is 380 g/mol. The Morgan fingerprint density at radius 2 is 2.04 bits per heavy atom. The number of hydrogen-bond acceptors (Lipinski definition) is 5. The van der Waals surface area contributed by atoms with Crippen LogP contribution >= 0.6 is 11.3 Å². The van der Waals surface area contributed by atoms with Crippen LogP contribution < -0.4 is 0 Å². The normalized spacial score (nSPS) is 14.1. The first-order chi connectivity index (χ1) is 12.8. The molecule has 138 valence electrons. The average Bonchev–Trinajstić information content (AvgIpc) is 3.17. The lowest BCUT2D eigenvalue weighted by atomic mass is 10.1. The van der Waals surface area contributed by atoms with Crippen LogP contribution in [0.5, 0.6) is 0 Å². The summed E-state index contributed by atoms with van der Waals surface area (Å²) >= 11 is 1.61. The predicted octanol–water partition coefficient (Wildman–Crippen LogP) is 4.23. The number of nitriles is 1. The van der Waals surface area contributed by atoms with Crippen LogP contribution in [0.2, 0.25) is 0 Å². The molecule has 7 heteroatoms. The van der Waals surface area contributed by atoms with Crippen molar-refractivity contribution in [1.82, 2.24) is 14.3 Å². The van der Waals surface area contributed by atoms with Crippen molar-refractivity contribution in [2.45, 2.75) is 39.3 Å². The lowest BCUT2D eigenvalue weighted by Crippen LogP contribution is -2.39. The van der Waals surface area contributed by atoms with Crippen LogP contribution in [-0.4, -0.2) is 32.5 Å². The van der Waals surface area contributed by atoms with E-state index in [1.54, 1.807) is 28.4 Å². The number of fused-ring (bicyclic) bond motifs is 3. The monoisotopic (exact) mass is 380 g/mol. The molecule has 0 saturated heterocycles. The Labute approximate surface area is 161 Å². The number of nitrogens with zero attached hydrogens (tertiary/aromatic N) is 4. The summed E-state index contributed by atoms with van der Waals surface area (Å²) in [5.41, 5.74) is 3.24. The van der Waals surface area contributed by atoms with Crippen molar-refractivity contribution in [3.63, 3.8) is 0 Å². The van der Waals surface area contributed by atoms with Crippen LogP contribution in [0.25, 0.3) is 16.2 Å². The van der Waals surface area contributed by atoms with E-state index < -0.39 is 5.60 Å². The zero-order valence-corrected chi connectivity index (χ0v) is 16.3. The van der Waals surface area contributed by atoms with E-state index >= 15 is 0 Å². The van der Waals surface area contributed by atoms with Crippen LogP contribution in [0.1, 0.15) is 36.9 Å². The van der Waals surface area contributed by atoms with Crippen molar-refractivity contribution in [2.75, 3.05) is 6.54 Å². The maximum Gasteiger partial charge on any atom is 0.410 e. The smallest absolute Gasteiger partial charge is 0.410 e. The van der Waals surface area contributed by atoms with Crippen molar-refractivity contribution in [3.05, 3.63) is 46.6 Å². The summed E-state index contributed by atoms with van der Waals surface area (Å²) in [5, 5.41) is 8.93. The number of carbonyl (C=O) groups excluding carboxylic acids is 1. The molecule has 1 aromatic carbocycles. The number of aromatic nitrogens is 2. The molecule has 1 aliphatic rings. The number of ether oxygens (including phenoxy) is 1. The van der Waals surface area contributed by atoms with E-state index in [-0.39, 0.29) is 6.09 Å². The summed E-state index contributed by atoms with van der Waals surface area (Å²) in [6, 6.07) is 9.57. The minimum atomic E-state index is -0.489. The van der Waals surface area contributed by atoms with Gasteiger partial charge in [0, 0.05) is 35.3 Å². The van der Waals surface area contributed by atoms with Crippen LogP contribution in [0.3, 0.4) is 0 Å². The van der Waals surface area contributed by atoms with Crippen molar-refractivity contribution >= 4 is 22.4 Å². The van der Waals surface area contributed by atoms with Gasteiger partial charge in [0.2, 0.25) is 0 Å². The Morgan fingerprint density at radius 1 is 1.30 bits per heavy atom. The number of rotatable bonds is 1. The van der Waals surface area contributed by atoms with E-state index in [4.69, 9.17) is 15.0 Å². The van der Waals surface area contributed by atoms with Gasteiger partial charge in [0.05, 0.1) is 23.9 Å². The molecule has 0 N–H and O–H groups in total. The van der Waals surface area contributed by atoms with Gasteiger partial charge in [-0.2, -0.15) is 5.26 Å². The van der Waals surface area contributed by atoms with Crippen molar-refractivity contribution in [3.8, 4) is 17.3 Å². The first-order valence-corrected chi connectivity index (χ1v) is 9.64. The Balaban J connectivity index is 1.58. The number of carbonyl (C=O) groups is 1. The molecular weight excluding hydrogens is 360 g/mol. The zero-order valence-electron chi connectivity index (χ0n) is 15.5. The fourth-order valence-corrected chi connectivity index (χ4v) is 4.31. The topological polar surface area (TPSA) is 70.6 Å². The van der Waals surface area contributed by atoms with Crippen LogP contribution in [0.4, 0.5) is 4.79 Å². The molecule has 0 spiro atoms. The quantitative estimate of drug-likeness (QED) is 0.633. The van der Waals surface area contributed by atoms with E-state index in [1.807, 2.05) is 39.1 Å². The number of thiazole rings is 1. The molecule has 0 fully saturated rings. The van der Waals surface area contributed by atoms with Gasteiger partial charge in [-0.3, -0.25) is 4.40 Å². The van der Waals surface area contributed by atoms with Gasteiger partial charge in [0.1, 0.15) is 5.60 Å².